The van der Waals surface area contributed by atoms with Crippen molar-refractivity contribution in [1.29, 1.82) is 0 Å². The number of ether oxygens (including phenoxy) is 2. The van der Waals surface area contributed by atoms with Gasteiger partial charge in [-0.05, 0) is 24.0 Å². The van der Waals surface area contributed by atoms with E-state index < -0.39 is 0 Å². The van der Waals surface area contributed by atoms with Gasteiger partial charge in [-0.3, -0.25) is 0 Å². The van der Waals surface area contributed by atoms with Gasteiger partial charge < -0.3 is 9.47 Å². The second-order valence-corrected chi connectivity index (χ2v) is 6.31. The fourth-order valence-electron chi connectivity index (χ4n) is 2.93. The highest BCUT2D eigenvalue weighted by Crippen LogP contribution is 2.41. The van der Waals surface area contributed by atoms with Crippen molar-refractivity contribution < 1.29 is 9.47 Å². The van der Waals surface area contributed by atoms with Crippen molar-refractivity contribution in [3.05, 3.63) is 71.8 Å². The average Bonchev–Trinajstić information content (AvgIpc) is 2.54. The lowest BCUT2D eigenvalue weighted by Crippen LogP contribution is -2.38. The summed E-state index contributed by atoms with van der Waals surface area (Å²) in [6.45, 7) is 3.00. The Bertz CT molecular complexity index is 499. The van der Waals surface area contributed by atoms with Crippen LogP contribution in [0.3, 0.4) is 0 Å². The minimum Gasteiger partial charge on any atom is -0.376 e. The summed E-state index contributed by atoms with van der Waals surface area (Å²) in [5.74, 6) is 0. The first-order chi connectivity index (χ1) is 10.9. The van der Waals surface area contributed by atoms with Gasteiger partial charge in [-0.25, -0.2) is 0 Å². The maximum atomic E-state index is 5.95. The zero-order valence-corrected chi connectivity index (χ0v) is 13.0. The Hall–Kier alpha value is -1.64. The smallest absolute Gasteiger partial charge is 0.0717 e. The molecule has 0 saturated heterocycles. The van der Waals surface area contributed by atoms with Crippen LogP contribution in [0.15, 0.2) is 60.7 Å². The Morgan fingerprint density at radius 1 is 0.682 bits per heavy atom. The molecule has 3 rings (SSSR count). The third kappa shape index (κ3) is 4.19. The molecular weight excluding hydrogens is 272 g/mol. The quantitative estimate of drug-likeness (QED) is 0.709. The van der Waals surface area contributed by atoms with Crippen LogP contribution >= 0.6 is 0 Å². The molecule has 0 atom stereocenters. The highest BCUT2D eigenvalue weighted by Gasteiger charge is 2.37. The van der Waals surface area contributed by atoms with Gasteiger partial charge in [0.25, 0.3) is 0 Å². The van der Waals surface area contributed by atoms with Gasteiger partial charge in [-0.1, -0.05) is 67.1 Å². The van der Waals surface area contributed by atoms with E-state index >= 15 is 0 Å². The van der Waals surface area contributed by atoms with Crippen molar-refractivity contribution in [2.24, 2.45) is 5.41 Å². The number of benzene rings is 2. The topological polar surface area (TPSA) is 18.5 Å². The summed E-state index contributed by atoms with van der Waals surface area (Å²) < 4.78 is 11.9. The lowest BCUT2D eigenvalue weighted by Gasteiger charge is -2.41. The van der Waals surface area contributed by atoms with Gasteiger partial charge in [-0.2, -0.15) is 0 Å². The van der Waals surface area contributed by atoms with Gasteiger partial charge >= 0.3 is 0 Å². The molecule has 2 heteroatoms. The third-order valence-electron chi connectivity index (χ3n) is 4.45. The maximum absolute atomic E-state index is 5.95. The number of hydrogen-bond acceptors (Lipinski definition) is 2. The van der Waals surface area contributed by atoms with Crippen molar-refractivity contribution in [2.75, 3.05) is 13.2 Å². The van der Waals surface area contributed by atoms with Gasteiger partial charge in [0.2, 0.25) is 0 Å². The van der Waals surface area contributed by atoms with E-state index in [1.165, 1.54) is 30.4 Å². The van der Waals surface area contributed by atoms with Crippen LogP contribution in [-0.2, 0) is 22.7 Å². The molecule has 0 aliphatic heterocycles. The highest BCUT2D eigenvalue weighted by molar-refractivity contribution is 5.14. The van der Waals surface area contributed by atoms with Crippen LogP contribution in [0, 0.1) is 5.41 Å². The first kappa shape index (κ1) is 15.3. The summed E-state index contributed by atoms with van der Waals surface area (Å²) >= 11 is 0. The van der Waals surface area contributed by atoms with Crippen molar-refractivity contribution in [2.45, 2.75) is 32.5 Å². The minimum absolute atomic E-state index is 0.240. The molecule has 1 aliphatic rings. The summed E-state index contributed by atoms with van der Waals surface area (Å²) in [5, 5.41) is 0. The molecule has 116 valence electrons. The maximum Gasteiger partial charge on any atom is 0.0717 e. The number of hydrogen-bond donors (Lipinski definition) is 0. The van der Waals surface area contributed by atoms with E-state index in [1.807, 2.05) is 12.1 Å². The second-order valence-electron chi connectivity index (χ2n) is 6.31. The van der Waals surface area contributed by atoms with E-state index in [4.69, 9.17) is 9.47 Å². The fourth-order valence-corrected chi connectivity index (χ4v) is 2.93. The fraction of sp³-hybridized carbons (Fsp3) is 0.400. The molecule has 2 aromatic rings. The Kier molecular flexibility index (Phi) is 5.25. The molecule has 1 saturated carbocycles. The molecule has 0 aromatic heterocycles. The molecule has 22 heavy (non-hydrogen) atoms. The van der Waals surface area contributed by atoms with Gasteiger partial charge in [0.05, 0.1) is 26.4 Å². The van der Waals surface area contributed by atoms with E-state index in [1.54, 1.807) is 0 Å². The van der Waals surface area contributed by atoms with E-state index in [-0.39, 0.29) is 5.41 Å². The lowest BCUT2D eigenvalue weighted by molar-refractivity contribution is -0.0741. The molecule has 0 spiro atoms. The van der Waals surface area contributed by atoms with Crippen LogP contribution in [0.5, 0.6) is 0 Å². The average molecular weight is 296 g/mol. The summed E-state index contributed by atoms with van der Waals surface area (Å²) in [5.41, 5.74) is 2.72. The predicted octanol–water partition coefficient (Wildman–Crippen LogP) is 4.59. The molecule has 0 amide bonds. The Morgan fingerprint density at radius 3 is 1.50 bits per heavy atom. The van der Waals surface area contributed by atoms with E-state index in [2.05, 4.69) is 48.5 Å². The molecule has 0 heterocycles. The van der Waals surface area contributed by atoms with E-state index in [0.717, 1.165) is 13.2 Å². The summed E-state index contributed by atoms with van der Waals surface area (Å²) in [6.07, 6.45) is 3.73. The first-order valence-electron chi connectivity index (χ1n) is 8.10. The molecule has 0 bridgehead atoms. The van der Waals surface area contributed by atoms with Gasteiger partial charge in [0.1, 0.15) is 0 Å². The monoisotopic (exact) mass is 296 g/mol. The molecule has 0 unspecified atom stereocenters. The van der Waals surface area contributed by atoms with Crippen LogP contribution in [-0.4, -0.2) is 13.2 Å². The van der Waals surface area contributed by atoms with Gasteiger partial charge in [-0.15, -0.1) is 0 Å². The van der Waals surface area contributed by atoms with Crippen LogP contribution in [0.4, 0.5) is 0 Å². The molecule has 2 aromatic carbocycles. The lowest BCUT2D eigenvalue weighted by atomic mass is 9.70. The molecule has 0 N–H and O–H groups in total. The Morgan fingerprint density at radius 2 is 1.14 bits per heavy atom. The summed E-state index contributed by atoms with van der Waals surface area (Å²) in [6, 6.07) is 20.7. The SMILES string of the molecule is c1ccc(COCC2(COCc3ccccc3)CCC2)cc1. The van der Waals surface area contributed by atoms with Crippen LogP contribution in [0.25, 0.3) is 0 Å². The summed E-state index contributed by atoms with van der Waals surface area (Å²) in [7, 11) is 0. The molecule has 0 radical (unpaired) electrons. The van der Waals surface area contributed by atoms with Gasteiger partial charge in [0, 0.05) is 5.41 Å². The van der Waals surface area contributed by atoms with Crippen molar-refractivity contribution in [3.8, 4) is 0 Å². The van der Waals surface area contributed by atoms with Crippen molar-refractivity contribution >= 4 is 0 Å². The predicted molar refractivity (Wildman–Crippen MR) is 88.5 cm³/mol. The second kappa shape index (κ2) is 7.57. The first-order valence-corrected chi connectivity index (χ1v) is 8.10. The molecule has 1 aliphatic carbocycles. The third-order valence-corrected chi connectivity index (χ3v) is 4.45. The van der Waals surface area contributed by atoms with Gasteiger partial charge in [0.15, 0.2) is 0 Å². The van der Waals surface area contributed by atoms with Crippen LogP contribution in [0.1, 0.15) is 30.4 Å². The Labute approximate surface area is 133 Å². The minimum atomic E-state index is 0.240. The van der Waals surface area contributed by atoms with E-state index in [9.17, 15) is 0 Å². The summed E-state index contributed by atoms with van der Waals surface area (Å²) in [4.78, 5) is 0. The number of rotatable bonds is 8. The standard InChI is InChI=1S/C20H24O2/c1-3-8-18(9-4-1)14-21-16-20(12-7-13-20)17-22-15-19-10-5-2-6-11-19/h1-6,8-11H,7,12-17H2. The zero-order chi connectivity index (χ0) is 15.1. The van der Waals surface area contributed by atoms with Crippen LogP contribution in [0.2, 0.25) is 0 Å². The largest absolute Gasteiger partial charge is 0.376 e. The highest BCUT2D eigenvalue weighted by atomic mass is 16.5. The molecule has 1 fully saturated rings. The van der Waals surface area contributed by atoms with Crippen molar-refractivity contribution in [3.63, 3.8) is 0 Å². The molecular formula is C20H24O2. The Balaban J connectivity index is 1.42. The zero-order valence-electron chi connectivity index (χ0n) is 13.0. The van der Waals surface area contributed by atoms with Crippen molar-refractivity contribution in [1.82, 2.24) is 0 Å². The molecule has 2 nitrogen and oxygen atoms in total. The van der Waals surface area contributed by atoms with Crippen LogP contribution < -0.4 is 0 Å². The van der Waals surface area contributed by atoms with E-state index in [0.29, 0.717) is 13.2 Å². The normalized spacial score (nSPS) is 16.2.